The summed E-state index contributed by atoms with van der Waals surface area (Å²) in [5, 5.41) is 3.02. The van der Waals surface area contributed by atoms with E-state index in [0.29, 0.717) is 19.0 Å². The zero-order valence-electron chi connectivity index (χ0n) is 13.6. The molecule has 1 amide bonds. The number of carbonyl (C=O) groups is 1. The minimum atomic E-state index is 0.00977. The predicted molar refractivity (Wildman–Crippen MR) is 86.1 cm³/mol. The highest BCUT2D eigenvalue weighted by Crippen LogP contribution is 2.24. The molecule has 0 radical (unpaired) electrons. The van der Waals surface area contributed by atoms with Crippen LogP contribution in [0.2, 0.25) is 0 Å². The van der Waals surface area contributed by atoms with Gasteiger partial charge in [0.25, 0.3) is 0 Å². The third-order valence-corrected chi connectivity index (χ3v) is 4.09. The second-order valence-corrected chi connectivity index (χ2v) is 5.84. The van der Waals surface area contributed by atoms with Gasteiger partial charge in [0.2, 0.25) is 11.8 Å². The molecule has 6 heteroatoms. The number of amides is 1. The van der Waals surface area contributed by atoms with E-state index in [1.54, 1.807) is 6.20 Å². The third kappa shape index (κ3) is 3.70. The molecule has 122 valence electrons. The summed E-state index contributed by atoms with van der Waals surface area (Å²) in [7, 11) is 0. The molecule has 1 aliphatic carbocycles. The van der Waals surface area contributed by atoms with Gasteiger partial charge in [-0.2, -0.15) is 0 Å². The van der Waals surface area contributed by atoms with Gasteiger partial charge in [-0.1, -0.05) is 0 Å². The molecule has 0 aromatic carbocycles. The van der Waals surface area contributed by atoms with Crippen molar-refractivity contribution in [2.24, 2.45) is 5.92 Å². The Bertz CT molecular complexity index is 696. The fraction of sp³-hybridized carbons (Fsp3) is 0.471. The molecule has 0 spiro atoms. The lowest BCUT2D eigenvalue weighted by Gasteiger charge is -2.20. The van der Waals surface area contributed by atoms with E-state index >= 15 is 0 Å². The first-order valence-electron chi connectivity index (χ1n) is 8.05. The Balaban J connectivity index is 1.57. The summed E-state index contributed by atoms with van der Waals surface area (Å²) in [5.74, 6) is 1.62. The molecular formula is C17H22N4O2. The number of rotatable bonds is 5. The van der Waals surface area contributed by atoms with Gasteiger partial charge in [0.15, 0.2) is 0 Å². The highest BCUT2D eigenvalue weighted by molar-refractivity contribution is 5.79. The standard InChI is InChI=1S/C17H22N4O2/c1-3-23-16-8-12(6-7-18-16)10-19-17(22)13-4-5-14-15(9-13)21-11(2)20-14/h6-8,13H,3-5,9-10H2,1-2H3,(H,19,22)(H,20,21). The lowest BCUT2D eigenvalue weighted by Crippen LogP contribution is -2.33. The zero-order valence-corrected chi connectivity index (χ0v) is 13.6. The van der Waals surface area contributed by atoms with Crippen molar-refractivity contribution in [3.8, 4) is 5.88 Å². The molecule has 2 aromatic rings. The molecule has 0 saturated heterocycles. The minimum Gasteiger partial charge on any atom is -0.478 e. The number of hydrogen-bond donors (Lipinski definition) is 2. The van der Waals surface area contributed by atoms with Gasteiger partial charge < -0.3 is 15.0 Å². The summed E-state index contributed by atoms with van der Waals surface area (Å²) in [5.41, 5.74) is 3.21. The lowest BCUT2D eigenvalue weighted by molar-refractivity contribution is -0.125. The molecule has 2 aromatic heterocycles. The van der Waals surface area contributed by atoms with Crippen LogP contribution in [-0.2, 0) is 24.2 Å². The van der Waals surface area contributed by atoms with E-state index in [2.05, 4.69) is 20.3 Å². The van der Waals surface area contributed by atoms with Gasteiger partial charge in [-0.05, 0) is 38.3 Å². The predicted octanol–water partition coefficient (Wildman–Crippen LogP) is 1.93. The Hall–Kier alpha value is -2.37. The fourth-order valence-electron chi connectivity index (χ4n) is 2.97. The second-order valence-electron chi connectivity index (χ2n) is 5.84. The van der Waals surface area contributed by atoms with Gasteiger partial charge >= 0.3 is 0 Å². The first kappa shape index (κ1) is 15.5. The molecule has 0 bridgehead atoms. The van der Waals surface area contributed by atoms with Crippen LogP contribution in [0.4, 0.5) is 0 Å². The van der Waals surface area contributed by atoms with Crippen molar-refractivity contribution >= 4 is 5.91 Å². The number of hydrogen-bond acceptors (Lipinski definition) is 4. The first-order valence-corrected chi connectivity index (χ1v) is 8.05. The normalized spacial score (nSPS) is 16.7. The number of H-pyrrole nitrogens is 1. The van der Waals surface area contributed by atoms with Crippen molar-refractivity contribution < 1.29 is 9.53 Å². The Morgan fingerprint density at radius 3 is 3.22 bits per heavy atom. The molecule has 2 heterocycles. The molecule has 0 aliphatic heterocycles. The second kappa shape index (κ2) is 6.81. The van der Waals surface area contributed by atoms with Gasteiger partial charge in [0, 0.05) is 36.8 Å². The van der Waals surface area contributed by atoms with Crippen molar-refractivity contribution in [2.45, 2.75) is 39.7 Å². The lowest BCUT2D eigenvalue weighted by atomic mass is 9.89. The monoisotopic (exact) mass is 314 g/mol. The number of ether oxygens (including phenoxy) is 1. The van der Waals surface area contributed by atoms with E-state index in [4.69, 9.17) is 4.74 Å². The Morgan fingerprint density at radius 1 is 1.52 bits per heavy atom. The zero-order chi connectivity index (χ0) is 16.2. The molecule has 2 N–H and O–H groups in total. The van der Waals surface area contributed by atoms with Crippen LogP contribution >= 0.6 is 0 Å². The van der Waals surface area contributed by atoms with Crippen LogP contribution in [0.15, 0.2) is 18.3 Å². The van der Waals surface area contributed by atoms with Crippen LogP contribution in [-0.4, -0.2) is 27.5 Å². The van der Waals surface area contributed by atoms with Crippen molar-refractivity contribution in [3.63, 3.8) is 0 Å². The number of carbonyl (C=O) groups excluding carboxylic acids is 1. The number of nitrogens with one attached hydrogen (secondary N) is 2. The van der Waals surface area contributed by atoms with E-state index in [1.807, 2.05) is 26.0 Å². The van der Waals surface area contributed by atoms with Gasteiger partial charge in [-0.3, -0.25) is 4.79 Å². The average Bonchev–Trinajstić information content (AvgIpc) is 2.92. The van der Waals surface area contributed by atoms with E-state index in [9.17, 15) is 4.79 Å². The van der Waals surface area contributed by atoms with Crippen LogP contribution in [0.3, 0.4) is 0 Å². The summed E-state index contributed by atoms with van der Waals surface area (Å²) in [6.45, 7) is 4.95. The Kier molecular flexibility index (Phi) is 4.60. The highest BCUT2D eigenvalue weighted by atomic mass is 16.5. The summed E-state index contributed by atoms with van der Waals surface area (Å²) in [6, 6.07) is 3.75. The van der Waals surface area contributed by atoms with Crippen LogP contribution < -0.4 is 10.1 Å². The Morgan fingerprint density at radius 2 is 2.39 bits per heavy atom. The summed E-state index contributed by atoms with van der Waals surface area (Å²) in [6.07, 6.45) is 4.15. The maximum Gasteiger partial charge on any atom is 0.223 e. The molecule has 1 aliphatic rings. The number of imidazole rings is 1. The summed E-state index contributed by atoms with van der Waals surface area (Å²) in [4.78, 5) is 24.3. The van der Waals surface area contributed by atoms with Crippen LogP contribution in [0.1, 0.15) is 36.1 Å². The SMILES string of the molecule is CCOc1cc(CNC(=O)C2CCc3nc(C)[nH]c3C2)ccn1. The van der Waals surface area contributed by atoms with E-state index in [0.717, 1.165) is 42.0 Å². The molecule has 0 saturated carbocycles. The van der Waals surface area contributed by atoms with Crippen LogP contribution in [0, 0.1) is 12.8 Å². The number of fused-ring (bicyclic) bond motifs is 1. The van der Waals surface area contributed by atoms with E-state index in [-0.39, 0.29) is 11.8 Å². The van der Waals surface area contributed by atoms with Gasteiger partial charge in [-0.25, -0.2) is 9.97 Å². The maximum absolute atomic E-state index is 12.4. The fourth-order valence-corrected chi connectivity index (χ4v) is 2.97. The molecule has 1 atom stereocenters. The largest absolute Gasteiger partial charge is 0.478 e. The number of nitrogens with zero attached hydrogens (tertiary/aromatic N) is 2. The first-order chi connectivity index (χ1) is 11.2. The quantitative estimate of drug-likeness (QED) is 0.884. The third-order valence-electron chi connectivity index (χ3n) is 4.09. The molecular weight excluding hydrogens is 292 g/mol. The minimum absolute atomic E-state index is 0.00977. The van der Waals surface area contributed by atoms with Crippen molar-refractivity contribution in [3.05, 3.63) is 41.1 Å². The molecule has 3 rings (SSSR count). The molecule has 23 heavy (non-hydrogen) atoms. The summed E-state index contributed by atoms with van der Waals surface area (Å²) >= 11 is 0. The number of pyridine rings is 1. The van der Waals surface area contributed by atoms with Gasteiger partial charge in [0.1, 0.15) is 5.82 Å². The number of aryl methyl sites for hydroxylation is 2. The smallest absolute Gasteiger partial charge is 0.223 e. The van der Waals surface area contributed by atoms with Crippen LogP contribution in [0.25, 0.3) is 0 Å². The van der Waals surface area contributed by atoms with E-state index in [1.165, 1.54) is 0 Å². The van der Waals surface area contributed by atoms with Gasteiger partial charge in [0.05, 0.1) is 12.3 Å². The van der Waals surface area contributed by atoms with Crippen molar-refractivity contribution in [2.75, 3.05) is 6.61 Å². The average molecular weight is 314 g/mol. The molecule has 1 unspecified atom stereocenters. The number of aromatic amines is 1. The summed E-state index contributed by atoms with van der Waals surface area (Å²) < 4.78 is 5.38. The Labute approximate surface area is 135 Å². The van der Waals surface area contributed by atoms with Crippen molar-refractivity contribution in [1.82, 2.24) is 20.3 Å². The van der Waals surface area contributed by atoms with Gasteiger partial charge in [-0.15, -0.1) is 0 Å². The molecule has 6 nitrogen and oxygen atoms in total. The van der Waals surface area contributed by atoms with E-state index < -0.39 is 0 Å². The topological polar surface area (TPSA) is 79.9 Å². The van der Waals surface area contributed by atoms with Crippen LogP contribution in [0.5, 0.6) is 5.88 Å². The maximum atomic E-state index is 12.4. The highest BCUT2D eigenvalue weighted by Gasteiger charge is 2.26. The number of aromatic nitrogens is 3. The molecule has 0 fully saturated rings. The van der Waals surface area contributed by atoms with Crippen molar-refractivity contribution in [1.29, 1.82) is 0 Å².